The molecule has 1 amide bonds. The number of carbonyl (C=O) groups is 1. The van der Waals surface area contributed by atoms with E-state index >= 15 is 0 Å². The van der Waals surface area contributed by atoms with Gasteiger partial charge in [0.15, 0.2) is 5.82 Å². The molecule has 166 valence electrons. The number of nitrogens with zero attached hydrogens (tertiary/aromatic N) is 5. The van der Waals surface area contributed by atoms with Gasteiger partial charge in [-0.05, 0) is 25.0 Å². The summed E-state index contributed by atoms with van der Waals surface area (Å²) in [6.45, 7) is 2.36. The Hall–Kier alpha value is -3.39. The van der Waals surface area contributed by atoms with Crippen molar-refractivity contribution >= 4 is 11.9 Å². The number of anilines is 1. The minimum absolute atomic E-state index is 0.0166. The third-order valence-electron chi connectivity index (χ3n) is 5.67. The molecule has 8 heteroatoms. The lowest BCUT2D eigenvalue weighted by Gasteiger charge is -2.38. The molecule has 0 spiro atoms. The topological polar surface area (TPSA) is 71.5 Å². The normalized spacial score (nSPS) is 14.4. The van der Waals surface area contributed by atoms with Crippen LogP contribution in [-0.2, 0) is 4.74 Å². The molecule has 0 atom stereocenters. The van der Waals surface area contributed by atoms with Crippen LogP contribution < -0.4 is 4.90 Å². The van der Waals surface area contributed by atoms with Gasteiger partial charge < -0.3 is 14.5 Å². The molecule has 1 saturated heterocycles. The molecule has 0 aliphatic carbocycles. The van der Waals surface area contributed by atoms with E-state index in [-0.39, 0.29) is 11.9 Å². The average Bonchev–Trinajstić information content (AvgIpc) is 2.86. The lowest BCUT2D eigenvalue weighted by atomic mass is 10.0. The molecule has 1 aromatic carbocycles. The van der Waals surface area contributed by atoms with Gasteiger partial charge in [-0.15, -0.1) is 0 Å². The Balaban J connectivity index is 1.39. The van der Waals surface area contributed by atoms with Crippen molar-refractivity contribution in [3.8, 4) is 11.3 Å². The minimum atomic E-state index is -0.465. The van der Waals surface area contributed by atoms with E-state index < -0.39 is 5.82 Å². The quantitative estimate of drug-likeness (QED) is 0.566. The fraction of sp³-hybridized carbons (Fsp3) is 0.333. The summed E-state index contributed by atoms with van der Waals surface area (Å²) in [5, 5.41) is 0. The highest BCUT2D eigenvalue weighted by molar-refractivity contribution is 5.94. The Morgan fingerprint density at radius 2 is 1.78 bits per heavy atom. The molecule has 2 aromatic heterocycles. The fourth-order valence-corrected chi connectivity index (χ4v) is 3.95. The molecule has 0 saturated carbocycles. The van der Waals surface area contributed by atoms with Gasteiger partial charge in [-0.25, -0.2) is 14.4 Å². The smallest absolute Gasteiger partial charge is 0.255 e. The predicted molar refractivity (Wildman–Crippen MR) is 120 cm³/mol. The van der Waals surface area contributed by atoms with E-state index in [1.165, 1.54) is 12.4 Å². The van der Waals surface area contributed by atoms with Gasteiger partial charge in [0.1, 0.15) is 0 Å². The van der Waals surface area contributed by atoms with Crippen molar-refractivity contribution in [3.05, 3.63) is 72.4 Å². The Bertz CT molecular complexity index is 1010. The first-order valence-corrected chi connectivity index (χ1v) is 10.7. The minimum Gasteiger partial charge on any atom is -0.383 e. The number of aromatic nitrogens is 3. The number of amides is 1. The second-order valence-corrected chi connectivity index (χ2v) is 7.71. The van der Waals surface area contributed by atoms with Crippen molar-refractivity contribution in [2.75, 3.05) is 38.3 Å². The van der Waals surface area contributed by atoms with E-state index in [1.807, 2.05) is 52.3 Å². The molecule has 0 N–H and O–H groups in total. The van der Waals surface area contributed by atoms with Crippen molar-refractivity contribution in [2.45, 2.75) is 18.9 Å². The highest BCUT2D eigenvalue weighted by Gasteiger charge is 2.29. The lowest BCUT2D eigenvalue weighted by molar-refractivity contribution is 0.0710. The van der Waals surface area contributed by atoms with Crippen LogP contribution in [0.25, 0.3) is 11.3 Å². The molecule has 0 unspecified atom stereocenters. The zero-order chi connectivity index (χ0) is 22.3. The van der Waals surface area contributed by atoms with Crippen LogP contribution in [0.5, 0.6) is 0 Å². The number of ether oxygens (including phenoxy) is 1. The van der Waals surface area contributed by atoms with Crippen LogP contribution in [0.15, 0.2) is 61.1 Å². The zero-order valence-electron chi connectivity index (χ0n) is 18.0. The van der Waals surface area contributed by atoms with E-state index in [0.717, 1.165) is 24.1 Å². The Labute approximate surface area is 186 Å². The molecule has 4 rings (SSSR count). The van der Waals surface area contributed by atoms with Crippen LogP contribution in [0.1, 0.15) is 23.2 Å². The molecule has 3 aromatic rings. The van der Waals surface area contributed by atoms with Crippen molar-refractivity contribution in [2.24, 2.45) is 0 Å². The molecule has 3 heterocycles. The molecule has 7 nitrogen and oxygen atoms in total. The maximum Gasteiger partial charge on any atom is 0.255 e. The van der Waals surface area contributed by atoms with Crippen LogP contribution >= 0.6 is 0 Å². The number of halogens is 1. The van der Waals surface area contributed by atoms with Crippen LogP contribution in [0.2, 0.25) is 0 Å². The van der Waals surface area contributed by atoms with Crippen molar-refractivity contribution < 1.29 is 13.9 Å². The van der Waals surface area contributed by atoms with Crippen molar-refractivity contribution in [3.63, 3.8) is 0 Å². The van der Waals surface area contributed by atoms with E-state index in [0.29, 0.717) is 37.8 Å². The van der Waals surface area contributed by atoms with Gasteiger partial charge in [0.2, 0.25) is 5.95 Å². The van der Waals surface area contributed by atoms with Crippen LogP contribution in [-0.4, -0.2) is 65.2 Å². The van der Waals surface area contributed by atoms with Crippen LogP contribution in [0, 0.1) is 5.82 Å². The molecular formula is C24H26FN5O2. The number of carbonyl (C=O) groups excluding carboxylic acids is 1. The van der Waals surface area contributed by atoms with Gasteiger partial charge in [0.25, 0.3) is 5.91 Å². The standard InChI is InChI=1S/C24H26FN5O2/c1-32-14-13-30(24-27-16-20(25)17-28-24)21-9-11-29(12-10-21)23(31)19-7-8-22(26-15-19)18-5-3-2-4-6-18/h2-8,15-17,21H,9-14H2,1H3. The first kappa shape index (κ1) is 21.8. The van der Waals surface area contributed by atoms with Crippen molar-refractivity contribution in [1.82, 2.24) is 19.9 Å². The molecule has 0 radical (unpaired) electrons. The molecule has 1 aliphatic rings. The monoisotopic (exact) mass is 435 g/mol. The van der Waals surface area contributed by atoms with E-state index in [1.54, 1.807) is 13.3 Å². The second-order valence-electron chi connectivity index (χ2n) is 7.71. The maximum absolute atomic E-state index is 13.2. The summed E-state index contributed by atoms with van der Waals surface area (Å²) in [7, 11) is 1.64. The summed E-state index contributed by atoms with van der Waals surface area (Å²) in [5.41, 5.74) is 2.45. The largest absolute Gasteiger partial charge is 0.383 e. The first-order chi connectivity index (χ1) is 15.7. The highest BCUT2D eigenvalue weighted by Crippen LogP contribution is 2.23. The Morgan fingerprint density at radius 3 is 2.41 bits per heavy atom. The average molecular weight is 436 g/mol. The Kier molecular flexibility index (Phi) is 7.01. The highest BCUT2D eigenvalue weighted by atomic mass is 19.1. The van der Waals surface area contributed by atoms with E-state index in [2.05, 4.69) is 15.0 Å². The number of piperidine rings is 1. The van der Waals surface area contributed by atoms with Gasteiger partial charge >= 0.3 is 0 Å². The number of benzene rings is 1. The molecule has 0 bridgehead atoms. The lowest BCUT2D eigenvalue weighted by Crippen LogP contribution is -2.48. The fourth-order valence-electron chi connectivity index (χ4n) is 3.95. The molecule has 1 fully saturated rings. The molecule has 32 heavy (non-hydrogen) atoms. The summed E-state index contributed by atoms with van der Waals surface area (Å²) in [6.07, 6.45) is 5.53. The van der Waals surface area contributed by atoms with Gasteiger partial charge in [-0.2, -0.15) is 0 Å². The number of rotatable bonds is 7. The van der Waals surface area contributed by atoms with Crippen molar-refractivity contribution in [1.29, 1.82) is 0 Å². The number of hydrogen-bond donors (Lipinski definition) is 0. The SMILES string of the molecule is COCCN(c1ncc(F)cn1)C1CCN(C(=O)c2ccc(-c3ccccc3)nc2)CC1. The van der Waals surface area contributed by atoms with E-state index in [9.17, 15) is 9.18 Å². The third-order valence-corrected chi connectivity index (χ3v) is 5.67. The zero-order valence-corrected chi connectivity index (χ0v) is 18.0. The summed E-state index contributed by atoms with van der Waals surface area (Å²) in [6, 6.07) is 13.8. The summed E-state index contributed by atoms with van der Waals surface area (Å²) in [5.74, 6) is -0.00119. The number of pyridine rings is 1. The van der Waals surface area contributed by atoms with Crippen LogP contribution in [0.4, 0.5) is 10.3 Å². The van der Waals surface area contributed by atoms with Gasteiger partial charge in [0, 0.05) is 44.5 Å². The Morgan fingerprint density at radius 1 is 1.06 bits per heavy atom. The van der Waals surface area contributed by atoms with Crippen LogP contribution in [0.3, 0.4) is 0 Å². The molecular weight excluding hydrogens is 409 g/mol. The van der Waals surface area contributed by atoms with Gasteiger partial charge in [0.05, 0.1) is 30.3 Å². The maximum atomic E-state index is 13.2. The van der Waals surface area contributed by atoms with Gasteiger partial charge in [-0.1, -0.05) is 30.3 Å². The predicted octanol–water partition coefficient (Wildman–Crippen LogP) is 3.44. The van der Waals surface area contributed by atoms with E-state index in [4.69, 9.17) is 4.74 Å². The first-order valence-electron chi connectivity index (χ1n) is 10.7. The summed E-state index contributed by atoms with van der Waals surface area (Å²) >= 11 is 0. The van der Waals surface area contributed by atoms with Gasteiger partial charge in [-0.3, -0.25) is 9.78 Å². The molecule has 1 aliphatic heterocycles. The number of likely N-dealkylation sites (tertiary alicyclic amines) is 1. The summed E-state index contributed by atoms with van der Waals surface area (Å²) < 4.78 is 18.5. The summed E-state index contributed by atoms with van der Waals surface area (Å²) in [4.78, 5) is 29.6. The number of hydrogen-bond acceptors (Lipinski definition) is 6. The number of methoxy groups -OCH3 is 1. The second kappa shape index (κ2) is 10.3. The third kappa shape index (κ3) is 5.08.